The van der Waals surface area contributed by atoms with E-state index < -0.39 is 12.1 Å². The molecule has 74 valence electrons. The molecule has 0 fully saturated rings. The van der Waals surface area contributed by atoms with Gasteiger partial charge in [-0.15, -0.1) is 0 Å². The fraction of sp³-hybridized carbons (Fsp3) is 0.667. The number of rotatable bonds is 2. The highest BCUT2D eigenvalue weighted by Gasteiger charge is 2.38. The van der Waals surface area contributed by atoms with E-state index in [9.17, 15) is 13.2 Å². The summed E-state index contributed by atoms with van der Waals surface area (Å²) in [6, 6.07) is 0. The van der Waals surface area contributed by atoms with Crippen molar-refractivity contribution in [3.63, 3.8) is 0 Å². The fourth-order valence-electron chi connectivity index (χ4n) is 0.621. The minimum absolute atomic E-state index is 0.0693. The second kappa shape index (κ2) is 3.57. The normalized spacial score (nSPS) is 14.5. The maximum Gasteiger partial charge on any atom is 0.471 e. The molecule has 0 aliphatic rings. The third-order valence-electron chi connectivity index (χ3n) is 1.40. The van der Waals surface area contributed by atoms with E-state index >= 15 is 0 Å². The molecule has 0 spiro atoms. The van der Waals surface area contributed by atoms with Gasteiger partial charge in [-0.1, -0.05) is 5.16 Å². The summed E-state index contributed by atoms with van der Waals surface area (Å²) in [5.74, 6) is -1.22. The first-order valence-electron chi connectivity index (χ1n) is 3.38. The zero-order valence-corrected chi connectivity index (χ0v) is 7.74. The van der Waals surface area contributed by atoms with Crippen LogP contribution < -0.4 is 0 Å². The number of nitrogens with zero attached hydrogens (tertiary/aromatic N) is 2. The summed E-state index contributed by atoms with van der Waals surface area (Å²) in [6.07, 6.45) is -2.79. The van der Waals surface area contributed by atoms with Crippen LogP contribution >= 0.6 is 11.8 Å². The Morgan fingerprint density at radius 2 is 2.08 bits per heavy atom. The van der Waals surface area contributed by atoms with E-state index in [1.807, 2.05) is 0 Å². The van der Waals surface area contributed by atoms with E-state index in [2.05, 4.69) is 14.7 Å². The number of hydrogen-bond acceptors (Lipinski definition) is 4. The Morgan fingerprint density at radius 1 is 1.46 bits per heavy atom. The number of aromatic nitrogens is 2. The molecule has 0 aromatic carbocycles. The summed E-state index contributed by atoms with van der Waals surface area (Å²) in [6.45, 7) is 1.70. The van der Waals surface area contributed by atoms with Gasteiger partial charge < -0.3 is 4.52 Å². The van der Waals surface area contributed by atoms with Crippen molar-refractivity contribution in [3.05, 3.63) is 11.7 Å². The van der Waals surface area contributed by atoms with Gasteiger partial charge in [-0.25, -0.2) is 0 Å². The molecule has 1 unspecified atom stereocenters. The lowest BCUT2D eigenvalue weighted by molar-refractivity contribution is -0.159. The smallest absolute Gasteiger partial charge is 0.329 e. The summed E-state index contributed by atoms with van der Waals surface area (Å²) < 4.78 is 39.9. The molecule has 0 amide bonds. The molecular weight excluding hydrogens is 205 g/mol. The van der Waals surface area contributed by atoms with Crippen LogP contribution in [0.5, 0.6) is 0 Å². The minimum Gasteiger partial charge on any atom is -0.329 e. The molecule has 0 radical (unpaired) electrons. The number of hydrogen-bond donors (Lipinski definition) is 0. The van der Waals surface area contributed by atoms with E-state index in [4.69, 9.17) is 0 Å². The van der Waals surface area contributed by atoms with Gasteiger partial charge in [0.25, 0.3) is 0 Å². The first-order chi connectivity index (χ1) is 5.95. The van der Waals surface area contributed by atoms with Crippen molar-refractivity contribution in [1.82, 2.24) is 10.1 Å². The van der Waals surface area contributed by atoms with Crippen molar-refractivity contribution in [2.45, 2.75) is 18.3 Å². The molecule has 1 rings (SSSR count). The van der Waals surface area contributed by atoms with Crippen molar-refractivity contribution >= 4 is 11.8 Å². The molecule has 0 bridgehead atoms. The summed E-state index contributed by atoms with van der Waals surface area (Å²) >= 11 is 1.35. The molecule has 1 aromatic heterocycles. The van der Waals surface area contributed by atoms with Gasteiger partial charge in [-0.2, -0.15) is 29.9 Å². The highest BCUT2D eigenvalue weighted by Crippen LogP contribution is 2.30. The van der Waals surface area contributed by atoms with Gasteiger partial charge in [-0.05, 0) is 13.2 Å². The van der Waals surface area contributed by atoms with Gasteiger partial charge in [0.15, 0.2) is 5.82 Å². The van der Waals surface area contributed by atoms with Crippen molar-refractivity contribution in [2.24, 2.45) is 0 Å². The Hall–Kier alpha value is -0.720. The molecule has 1 atom stereocenters. The van der Waals surface area contributed by atoms with Crippen molar-refractivity contribution in [3.8, 4) is 0 Å². The molecule has 1 aromatic rings. The Bertz CT molecular complexity index is 286. The second-order valence-corrected chi connectivity index (χ2v) is 3.51. The monoisotopic (exact) mass is 212 g/mol. The standard InChI is InChI=1S/C6H7F3N2OS/c1-3(13-2)4-10-5(12-11-4)6(7,8)9/h3H,1-2H3. The molecule has 0 aliphatic carbocycles. The SMILES string of the molecule is CSC(C)c1noc(C(F)(F)F)n1. The lowest BCUT2D eigenvalue weighted by Gasteiger charge is -1.99. The molecular formula is C6H7F3N2OS. The predicted octanol–water partition coefficient (Wildman–Crippen LogP) is 2.51. The van der Waals surface area contributed by atoms with Crippen LogP contribution in [0.15, 0.2) is 4.52 Å². The number of thioether (sulfide) groups is 1. The van der Waals surface area contributed by atoms with Crippen LogP contribution in [0, 0.1) is 0 Å². The zero-order valence-electron chi connectivity index (χ0n) is 6.92. The van der Waals surface area contributed by atoms with E-state index in [0.717, 1.165) is 0 Å². The molecule has 3 nitrogen and oxygen atoms in total. The predicted molar refractivity (Wildman–Crippen MR) is 41.2 cm³/mol. The summed E-state index contributed by atoms with van der Waals surface area (Å²) in [5.41, 5.74) is 0. The highest BCUT2D eigenvalue weighted by atomic mass is 32.2. The summed E-state index contributed by atoms with van der Waals surface area (Å²) in [4.78, 5) is 3.23. The van der Waals surface area contributed by atoms with Crippen LogP contribution in [-0.2, 0) is 6.18 Å². The van der Waals surface area contributed by atoms with Gasteiger partial charge in [0.2, 0.25) is 0 Å². The lowest BCUT2D eigenvalue weighted by Crippen LogP contribution is -2.05. The Morgan fingerprint density at radius 3 is 2.46 bits per heavy atom. The van der Waals surface area contributed by atoms with E-state index in [1.54, 1.807) is 13.2 Å². The largest absolute Gasteiger partial charge is 0.471 e. The van der Waals surface area contributed by atoms with E-state index in [1.165, 1.54) is 11.8 Å². The zero-order chi connectivity index (χ0) is 10.1. The van der Waals surface area contributed by atoms with Crippen molar-refractivity contribution < 1.29 is 17.7 Å². The minimum atomic E-state index is -4.55. The summed E-state index contributed by atoms with van der Waals surface area (Å²) in [7, 11) is 0. The molecule has 0 N–H and O–H groups in total. The molecule has 13 heavy (non-hydrogen) atoms. The average Bonchev–Trinajstić information content (AvgIpc) is 2.50. The van der Waals surface area contributed by atoms with Crippen molar-refractivity contribution in [1.29, 1.82) is 0 Å². The molecule has 0 saturated carbocycles. The number of halogens is 3. The average molecular weight is 212 g/mol. The summed E-state index contributed by atoms with van der Waals surface area (Å²) in [5, 5.41) is 3.03. The van der Waals surface area contributed by atoms with Crippen LogP contribution in [0.25, 0.3) is 0 Å². The fourth-order valence-corrected chi connectivity index (χ4v) is 0.927. The van der Waals surface area contributed by atoms with Crippen LogP contribution in [0.3, 0.4) is 0 Å². The van der Waals surface area contributed by atoms with Crippen LogP contribution in [0.1, 0.15) is 23.9 Å². The van der Waals surface area contributed by atoms with Gasteiger partial charge in [-0.3, -0.25) is 0 Å². The lowest BCUT2D eigenvalue weighted by atomic mass is 10.4. The Labute approximate surface area is 76.7 Å². The Balaban J connectivity index is 2.87. The quantitative estimate of drug-likeness (QED) is 0.755. The third-order valence-corrected chi connectivity index (χ3v) is 2.32. The van der Waals surface area contributed by atoms with Gasteiger partial charge in [0.05, 0.1) is 5.25 Å². The maximum absolute atomic E-state index is 12.0. The van der Waals surface area contributed by atoms with Gasteiger partial charge in [0.1, 0.15) is 0 Å². The van der Waals surface area contributed by atoms with E-state index in [-0.39, 0.29) is 11.1 Å². The van der Waals surface area contributed by atoms with Crippen LogP contribution in [-0.4, -0.2) is 16.4 Å². The first kappa shape index (κ1) is 10.4. The van der Waals surface area contributed by atoms with Crippen molar-refractivity contribution in [2.75, 3.05) is 6.26 Å². The van der Waals surface area contributed by atoms with Gasteiger partial charge >= 0.3 is 12.1 Å². The van der Waals surface area contributed by atoms with E-state index in [0.29, 0.717) is 0 Å². The van der Waals surface area contributed by atoms with Gasteiger partial charge in [0, 0.05) is 0 Å². The second-order valence-electron chi connectivity index (χ2n) is 2.33. The highest BCUT2D eigenvalue weighted by molar-refractivity contribution is 7.98. The molecule has 1 heterocycles. The topological polar surface area (TPSA) is 38.9 Å². The first-order valence-corrected chi connectivity index (χ1v) is 4.67. The van der Waals surface area contributed by atoms with Crippen LogP contribution in [0.2, 0.25) is 0 Å². The number of alkyl halides is 3. The molecule has 7 heteroatoms. The molecule has 0 saturated heterocycles. The maximum atomic E-state index is 12.0. The third kappa shape index (κ3) is 2.36. The van der Waals surface area contributed by atoms with Crippen LogP contribution in [0.4, 0.5) is 13.2 Å². The molecule has 0 aliphatic heterocycles. The Kier molecular flexibility index (Phi) is 2.84.